The molecule has 7 heteroatoms. The summed E-state index contributed by atoms with van der Waals surface area (Å²) in [5.41, 5.74) is 0. The van der Waals surface area contributed by atoms with E-state index in [1.807, 2.05) is 0 Å². The minimum Gasteiger partial charge on any atom is -0.465 e. The van der Waals surface area contributed by atoms with Gasteiger partial charge >= 0.3 is 5.97 Å². The number of aliphatic hydroxyl groups excluding tert-OH is 1. The van der Waals surface area contributed by atoms with Crippen molar-refractivity contribution < 1.29 is 23.1 Å². The predicted molar refractivity (Wildman–Crippen MR) is 53.1 cm³/mol. The third-order valence-electron chi connectivity index (χ3n) is 2.14. The van der Waals surface area contributed by atoms with Crippen LogP contribution in [0.3, 0.4) is 0 Å². The molecule has 1 heterocycles. The van der Waals surface area contributed by atoms with Crippen LogP contribution in [0.4, 0.5) is 0 Å². The molecule has 88 valence electrons. The molecule has 1 rings (SSSR count). The number of aliphatic hydroxyl groups is 1. The topological polar surface area (TPSA) is 92.7 Å². The van der Waals surface area contributed by atoms with Crippen LogP contribution in [0.1, 0.15) is 6.92 Å². The average Bonchev–Trinajstić information content (AvgIpc) is 2.36. The number of hydrogen-bond donors (Lipinski definition) is 2. The van der Waals surface area contributed by atoms with Crippen LogP contribution in [-0.4, -0.2) is 56.3 Å². The molecule has 0 bridgehead atoms. The van der Waals surface area contributed by atoms with Crippen molar-refractivity contribution in [3.05, 3.63) is 0 Å². The van der Waals surface area contributed by atoms with Gasteiger partial charge in [0.25, 0.3) is 0 Å². The Hall–Kier alpha value is -0.660. The first-order valence-corrected chi connectivity index (χ1v) is 6.54. The molecule has 1 aliphatic heterocycles. The minimum atomic E-state index is -3.17. The van der Waals surface area contributed by atoms with Crippen LogP contribution in [0.15, 0.2) is 0 Å². The van der Waals surface area contributed by atoms with Crippen molar-refractivity contribution in [1.29, 1.82) is 0 Å². The van der Waals surface area contributed by atoms with Crippen molar-refractivity contribution in [3.8, 4) is 0 Å². The summed E-state index contributed by atoms with van der Waals surface area (Å²) in [6, 6.07) is -0.570. The van der Waals surface area contributed by atoms with Gasteiger partial charge in [0.05, 0.1) is 30.8 Å². The third kappa shape index (κ3) is 3.77. The zero-order valence-electron chi connectivity index (χ0n) is 8.47. The quantitative estimate of drug-likeness (QED) is 0.566. The highest BCUT2D eigenvalue weighted by molar-refractivity contribution is 7.91. The molecular weight excluding hydrogens is 222 g/mol. The van der Waals surface area contributed by atoms with Crippen LogP contribution >= 0.6 is 0 Å². The molecule has 0 radical (unpaired) electrons. The van der Waals surface area contributed by atoms with Gasteiger partial charge in [0.2, 0.25) is 0 Å². The van der Waals surface area contributed by atoms with Crippen LogP contribution in [0.2, 0.25) is 0 Å². The van der Waals surface area contributed by atoms with Crippen molar-refractivity contribution in [3.63, 3.8) is 0 Å². The summed E-state index contributed by atoms with van der Waals surface area (Å²) in [6.07, 6.45) is -0.940. The monoisotopic (exact) mass is 237 g/mol. The van der Waals surface area contributed by atoms with Crippen molar-refractivity contribution in [2.24, 2.45) is 0 Å². The molecule has 2 N–H and O–H groups in total. The number of sulfone groups is 1. The second-order valence-electron chi connectivity index (χ2n) is 3.44. The Kier molecular flexibility index (Phi) is 4.06. The molecule has 0 saturated carbocycles. The van der Waals surface area contributed by atoms with Gasteiger partial charge in [-0.25, -0.2) is 8.42 Å². The fourth-order valence-electron chi connectivity index (χ4n) is 1.45. The standard InChI is InChI=1S/C8H15NO5S/c1-2-14-8(11)3-9-6-4-15(12,13)5-7(6)10/h6-7,9-10H,2-5H2,1H3/t6-,7+/m1/s1. The number of carbonyl (C=O) groups is 1. The molecule has 0 aliphatic carbocycles. The fraction of sp³-hybridized carbons (Fsp3) is 0.875. The second kappa shape index (κ2) is 4.91. The highest BCUT2D eigenvalue weighted by atomic mass is 32.2. The summed E-state index contributed by atoms with van der Waals surface area (Å²) in [4.78, 5) is 11.0. The summed E-state index contributed by atoms with van der Waals surface area (Å²) in [7, 11) is -3.17. The van der Waals surface area contributed by atoms with Gasteiger partial charge in [-0.1, -0.05) is 0 Å². The maximum atomic E-state index is 11.1. The molecule has 6 nitrogen and oxygen atoms in total. The number of rotatable bonds is 4. The summed E-state index contributed by atoms with van der Waals surface area (Å²) in [6.45, 7) is 1.89. The van der Waals surface area contributed by atoms with Crippen LogP contribution in [0, 0.1) is 0 Å². The number of nitrogens with one attached hydrogen (secondary N) is 1. The molecule has 1 aliphatic rings. The lowest BCUT2D eigenvalue weighted by Gasteiger charge is -2.13. The minimum absolute atomic E-state index is 0.0783. The van der Waals surface area contributed by atoms with E-state index in [9.17, 15) is 18.3 Å². The smallest absolute Gasteiger partial charge is 0.319 e. The Morgan fingerprint density at radius 1 is 1.53 bits per heavy atom. The number of hydrogen-bond acceptors (Lipinski definition) is 6. The summed E-state index contributed by atoms with van der Waals surface area (Å²) in [5.74, 6) is -0.824. The zero-order chi connectivity index (χ0) is 11.5. The number of carbonyl (C=O) groups excluding carboxylic acids is 1. The maximum Gasteiger partial charge on any atom is 0.319 e. The van der Waals surface area contributed by atoms with E-state index in [4.69, 9.17) is 0 Å². The molecule has 0 aromatic heterocycles. The van der Waals surface area contributed by atoms with Crippen LogP contribution in [-0.2, 0) is 19.4 Å². The molecule has 2 atom stereocenters. The Morgan fingerprint density at radius 3 is 2.67 bits per heavy atom. The molecule has 0 amide bonds. The van der Waals surface area contributed by atoms with E-state index in [0.29, 0.717) is 0 Å². The van der Waals surface area contributed by atoms with Crippen LogP contribution < -0.4 is 5.32 Å². The van der Waals surface area contributed by atoms with Crippen LogP contribution in [0.5, 0.6) is 0 Å². The lowest BCUT2D eigenvalue weighted by molar-refractivity contribution is -0.142. The van der Waals surface area contributed by atoms with Gasteiger partial charge < -0.3 is 15.2 Å². The van der Waals surface area contributed by atoms with Gasteiger partial charge in [-0.2, -0.15) is 0 Å². The second-order valence-corrected chi connectivity index (χ2v) is 5.59. The molecule has 0 spiro atoms. The third-order valence-corrected chi connectivity index (χ3v) is 3.85. The highest BCUT2D eigenvalue weighted by Crippen LogP contribution is 2.11. The highest BCUT2D eigenvalue weighted by Gasteiger charge is 2.36. The van der Waals surface area contributed by atoms with Gasteiger partial charge in [0, 0.05) is 6.04 Å². The molecule has 1 saturated heterocycles. The number of ether oxygens (including phenoxy) is 1. The summed E-state index contributed by atoms with van der Waals surface area (Å²) < 4.78 is 26.9. The molecule has 0 aromatic rings. The Bertz CT molecular complexity index is 326. The normalized spacial score (nSPS) is 28.9. The summed E-state index contributed by atoms with van der Waals surface area (Å²) in [5, 5.41) is 12.0. The molecular formula is C8H15NO5S. The lowest BCUT2D eigenvalue weighted by atomic mass is 10.2. The van der Waals surface area contributed by atoms with Gasteiger partial charge in [-0.3, -0.25) is 4.79 Å². The zero-order valence-corrected chi connectivity index (χ0v) is 9.29. The van der Waals surface area contributed by atoms with E-state index >= 15 is 0 Å². The lowest BCUT2D eigenvalue weighted by Crippen LogP contribution is -2.41. The van der Waals surface area contributed by atoms with E-state index in [2.05, 4.69) is 10.1 Å². The molecule has 15 heavy (non-hydrogen) atoms. The van der Waals surface area contributed by atoms with E-state index in [0.717, 1.165) is 0 Å². The van der Waals surface area contributed by atoms with Crippen molar-refractivity contribution in [2.45, 2.75) is 19.1 Å². The Balaban J connectivity index is 2.37. The van der Waals surface area contributed by atoms with Gasteiger partial charge in [0.15, 0.2) is 9.84 Å². The first-order chi connectivity index (χ1) is 6.94. The van der Waals surface area contributed by atoms with Crippen molar-refractivity contribution in [2.75, 3.05) is 24.7 Å². The van der Waals surface area contributed by atoms with E-state index in [-0.39, 0.29) is 24.7 Å². The fourth-order valence-corrected chi connectivity index (χ4v) is 3.23. The van der Waals surface area contributed by atoms with E-state index in [1.54, 1.807) is 6.92 Å². The van der Waals surface area contributed by atoms with Crippen molar-refractivity contribution in [1.82, 2.24) is 5.32 Å². The Labute approximate surface area is 88.5 Å². The summed E-state index contributed by atoms with van der Waals surface area (Å²) >= 11 is 0. The average molecular weight is 237 g/mol. The van der Waals surface area contributed by atoms with Gasteiger partial charge in [-0.05, 0) is 6.92 Å². The largest absolute Gasteiger partial charge is 0.465 e. The number of esters is 1. The van der Waals surface area contributed by atoms with E-state index in [1.165, 1.54) is 0 Å². The predicted octanol–water partition coefficient (Wildman–Crippen LogP) is -1.70. The molecule has 0 aromatic carbocycles. The molecule has 0 unspecified atom stereocenters. The SMILES string of the molecule is CCOC(=O)CN[C@@H]1CS(=O)(=O)C[C@@H]1O. The first kappa shape index (κ1) is 12.4. The first-order valence-electron chi connectivity index (χ1n) is 4.72. The van der Waals surface area contributed by atoms with Gasteiger partial charge in [0.1, 0.15) is 0 Å². The van der Waals surface area contributed by atoms with E-state index < -0.39 is 28.0 Å². The molecule has 1 fully saturated rings. The van der Waals surface area contributed by atoms with Gasteiger partial charge in [-0.15, -0.1) is 0 Å². The maximum absolute atomic E-state index is 11.1. The van der Waals surface area contributed by atoms with Crippen molar-refractivity contribution >= 4 is 15.8 Å². The Morgan fingerprint density at radius 2 is 2.20 bits per heavy atom. The van der Waals surface area contributed by atoms with Crippen LogP contribution in [0.25, 0.3) is 0 Å².